The maximum atomic E-state index is 6.09. The fraction of sp³-hybridized carbons (Fsp3) is 0.182. The number of benzene rings is 2. The van der Waals surface area contributed by atoms with Gasteiger partial charge in [0.1, 0.15) is 11.2 Å². The number of imidazole rings is 1. The third-order valence-electron chi connectivity index (χ3n) is 4.98. The van der Waals surface area contributed by atoms with Crippen molar-refractivity contribution in [3.05, 3.63) is 78.4 Å². The van der Waals surface area contributed by atoms with E-state index in [0.29, 0.717) is 32.1 Å². The number of hydrogen-bond acceptors (Lipinski definition) is 6. The Morgan fingerprint density at radius 3 is 2.73 bits per heavy atom. The molecular formula is C22H21N7O. The number of pyridine rings is 1. The molecule has 0 aliphatic heterocycles. The third-order valence-corrected chi connectivity index (χ3v) is 4.98. The molecule has 0 atom stereocenters. The van der Waals surface area contributed by atoms with Gasteiger partial charge in [-0.15, -0.1) is 5.10 Å². The van der Waals surface area contributed by atoms with Crippen molar-refractivity contribution in [3.63, 3.8) is 0 Å². The summed E-state index contributed by atoms with van der Waals surface area (Å²) in [5.74, 6) is 0.443. The van der Waals surface area contributed by atoms with Crippen molar-refractivity contribution < 1.29 is 4.74 Å². The molecule has 5 aromatic rings. The van der Waals surface area contributed by atoms with Gasteiger partial charge in [0.15, 0.2) is 5.82 Å². The second-order valence-corrected chi connectivity index (χ2v) is 7.10. The molecule has 0 unspecified atom stereocenters. The van der Waals surface area contributed by atoms with Gasteiger partial charge in [-0.1, -0.05) is 53.7 Å². The van der Waals surface area contributed by atoms with Gasteiger partial charge in [0.05, 0.1) is 43.3 Å². The summed E-state index contributed by atoms with van der Waals surface area (Å²) in [6, 6.07) is 18.1. The van der Waals surface area contributed by atoms with Crippen molar-refractivity contribution in [1.29, 1.82) is 0 Å². The molecule has 0 bridgehead atoms. The predicted octanol–water partition coefficient (Wildman–Crippen LogP) is 3.02. The summed E-state index contributed by atoms with van der Waals surface area (Å²) >= 11 is 0. The van der Waals surface area contributed by atoms with Gasteiger partial charge in [-0.25, -0.2) is 14.6 Å². The van der Waals surface area contributed by atoms with Gasteiger partial charge >= 0.3 is 0 Å². The number of rotatable bonds is 7. The van der Waals surface area contributed by atoms with Crippen LogP contribution in [-0.4, -0.2) is 36.1 Å². The van der Waals surface area contributed by atoms with E-state index in [9.17, 15) is 0 Å². The standard InChI is InChI=1S/C22H21N7O/c23-22-20-21(18-8-4-5-9-19(18)25-22)28(15-24-20)10-11-30-14-17-13-29(27-26-17)12-16-6-2-1-3-7-16/h1-9,13,15H,10-12,14H2,(H2,23,25). The van der Waals surface area contributed by atoms with Gasteiger partial charge in [-0.05, 0) is 11.6 Å². The highest BCUT2D eigenvalue weighted by Gasteiger charge is 2.12. The van der Waals surface area contributed by atoms with Gasteiger partial charge in [-0.3, -0.25) is 0 Å². The molecule has 0 spiro atoms. The topological polar surface area (TPSA) is 96.7 Å². The van der Waals surface area contributed by atoms with Gasteiger partial charge in [0.2, 0.25) is 0 Å². The second-order valence-electron chi connectivity index (χ2n) is 7.10. The van der Waals surface area contributed by atoms with Crippen LogP contribution in [0, 0.1) is 0 Å². The zero-order valence-corrected chi connectivity index (χ0v) is 16.3. The summed E-state index contributed by atoms with van der Waals surface area (Å²) in [4.78, 5) is 8.88. The molecule has 8 heteroatoms. The number of aromatic nitrogens is 6. The lowest BCUT2D eigenvalue weighted by Gasteiger charge is -2.08. The van der Waals surface area contributed by atoms with E-state index in [-0.39, 0.29) is 0 Å². The van der Waals surface area contributed by atoms with Crippen LogP contribution in [0.1, 0.15) is 11.3 Å². The zero-order valence-electron chi connectivity index (χ0n) is 16.3. The number of nitrogens with two attached hydrogens (primary N) is 1. The molecule has 0 saturated carbocycles. The molecule has 0 aliphatic carbocycles. The number of nitrogen functional groups attached to an aromatic ring is 1. The highest BCUT2D eigenvalue weighted by molar-refractivity contribution is 6.06. The van der Waals surface area contributed by atoms with E-state index in [0.717, 1.165) is 27.6 Å². The molecule has 0 radical (unpaired) electrons. The number of anilines is 1. The first-order valence-electron chi connectivity index (χ1n) is 9.77. The van der Waals surface area contributed by atoms with Crippen molar-refractivity contribution in [2.45, 2.75) is 19.7 Å². The van der Waals surface area contributed by atoms with Crippen molar-refractivity contribution in [2.24, 2.45) is 0 Å². The van der Waals surface area contributed by atoms with E-state index in [1.54, 1.807) is 6.33 Å². The van der Waals surface area contributed by atoms with Crippen LogP contribution in [0.5, 0.6) is 0 Å². The second kappa shape index (κ2) is 7.92. The van der Waals surface area contributed by atoms with Crippen molar-refractivity contribution >= 4 is 27.8 Å². The van der Waals surface area contributed by atoms with E-state index >= 15 is 0 Å². The van der Waals surface area contributed by atoms with E-state index in [2.05, 4.69) is 37.0 Å². The first kappa shape index (κ1) is 18.3. The fourth-order valence-corrected chi connectivity index (χ4v) is 3.57. The monoisotopic (exact) mass is 399 g/mol. The van der Waals surface area contributed by atoms with Crippen molar-refractivity contribution in [3.8, 4) is 0 Å². The lowest BCUT2D eigenvalue weighted by atomic mass is 10.2. The van der Waals surface area contributed by atoms with Crippen LogP contribution in [0.2, 0.25) is 0 Å². The van der Waals surface area contributed by atoms with Crippen LogP contribution >= 0.6 is 0 Å². The molecule has 5 rings (SSSR count). The molecule has 8 nitrogen and oxygen atoms in total. The van der Waals surface area contributed by atoms with Crippen LogP contribution in [0.3, 0.4) is 0 Å². The van der Waals surface area contributed by atoms with Crippen molar-refractivity contribution in [2.75, 3.05) is 12.3 Å². The first-order valence-corrected chi connectivity index (χ1v) is 9.77. The molecule has 3 heterocycles. The maximum Gasteiger partial charge on any atom is 0.152 e. The summed E-state index contributed by atoms with van der Waals surface area (Å²) in [5.41, 5.74) is 10.6. The molecule has 0 fully saturated rings. The molecule has 3 aromatic heterocycles. The maximum absolute atomic E-state index is 6.09. The summed E-state index contributed by atoms with van der Waals surface area (Å²) in [7, 11) is 0. The van der Waals surface area contributed by atoms with Gasteiger partial charge in [0, 0.05) is 11.9 Å². The molecular weight excluding hydrogens is 378 g/mol. The van der Waals surface area contributed by atoms with Crippen LogP contribution < -0.4 is 5.73 Å². The molecule has 150 valence electrons. The zero-order chi connectivity index (χ0) is 20.3. The molecule has 30 heavy (non-hydrogen) atoms. The third kappa shape index (κ3) is 3.60. The number of nitrogens with zero attached hydrogens (tertiary/aromatic N) is 6. The quantitative estimate of drug-likeness (QED) is 0.423. The molecule has 0 aliphatic rings. The largest absolute Gasteiger partial charge is 0.382 e. The first-order chi connectivity index (χ1) is 14.8. The van der Waals surface area contributed by atoms with E-state index < -0.39 is 0 Å². The van der Waals surface area contributed by atoms with Crippen molar-refractivity contribution in [1.82, 2.24) is 29.5 Å². The SMILES string of the molecule is Nc1nc2ccccc2c2c1ncn2CCOCc1cn(Cc2ccccc2)nn1. The van der Waals surface area contributed by atoms with Crippen LogP contribution in [0.25, 0.3) is 21.9 Å². The normalized spacial score (nSPS) is 11.5. The Hall–Kier alpha value is -3.78. The van der Waals surface area contributed by atoms with E-state index in [4.69, 9.17) is 10.5 Å². The highest BCUT2D eigenvalue weighted by Crippen LogP contribution is 2.26. The summed E-state index contributed by atoms with van der Waals surface area (Å²) < 4.78 is 9.71. The Labute approximate surface area is 172 Å². The lowest BCUT2D eigenvalue weighted by Crippen LogP contribution is -2.06. The van der Waals surface area contributed by atoms with Gasteiger partial charge in [-0.2, -0.15) is 0 Å². The molecule has 2 aromatic carbocycles. The molecule has 2 N–H and O–H groups in total. The molecule has 0 amide bonds. The minimum Gasteiger partial charge on any atom is -0.382 e. The summed E-state index contributed by atoms with van der Waals surface area (Å²) in [6.45, 7) is 2.28. The number of ether oxygens (including phenoxy) is 1. The average Bonchev–Trinajstić information content (AvgIpc) is 3.40. The Morgan fingerprint density at radius 2 is 1.83 bits per heavy atom. The number of fused-ring (bicyclic) bond motifs is 3. The Balaban J connectivity index is 1.23. The minimum atomic E-state index is 0.409. The van der Waals surface area contributed by atoms with Gasteiger partial charge in [0.25, 0.3) is 0 Å². The molecule has 0 saturated heterocycles. The Bertz CT molecular complexity index is 1290. The summed E-state index contributed by atoms with van der Waals surface area (Å²) in [6.07, 6.45) is 3.70. The average molecular weight is 399 g/mol. The lowest BCUT2D eigenvalue weighted by molar-refractivity contribution is 0.111. The fourth-order valence-electron chi connectivity index (χ4n) is 3.57. The van der Waals surface area contributed by atoms with E-state index in [1.165, 1.54) is 5.56 Å². The number of para-hydroxylation sites is 1. The summed E-state index contributed by atoms with van der Waals surface area (Å²) in [5, 5.41) is 9.40. The Kier molecular flexibility index (Phi) is 4.82. The smallest absolute Gasteiger partial charge is 0.152 e. The minimum absolute atomic E-state index is 0.409. The highest BCUT2D eigenvalue weighted by atomic mass is 16.5. The predicted molar refractivity (Wildman–Crippen MR) is 115 cm³/mol. The Morgan fingerprint density at radius 1 is 1.00 bits per heavy atom. The van der Waals surface area contributed by atoms with Crippen LogP contribution in [0.4, 0.5) is 5.82 Å². The van der Waals surface area contributed by atoms with E-state index in [1.807, 2.05) is 53.3 Å². The van der Waals surface area contributed by atoms with Crippen LogP contribution in [-0.2, 0) is 24.4 Å². The number of hydrogen-bond donors (Lipinski definition) is 1. The van der Waals surface area contributed by atoms with Gasteiger partial charge < -0.3 is 15.0 Å². The van der Waals surface area contributed by atoms with Crippen LogP contribution in [0.15, 0.2) is 67.1 Å².